The Morgan fingerprint density at radius 2 is 0.703 bits per heavy atom. The van der Waals surface area contributed by atoms with Crippen LogP contribution in [0.15, 0.2) is 122 Å². The van der Waals surface area contributed by atoms with E-state index in [1.165, 1.54) is 186 Å². The number of quaternary nitrogens is 1. The molecular weight excluding hydrogens is 1140 g/mol. The van der Waals surface area contributed by atoms with Gasteiger partial charge < -0.3 is 19.4 Å². The summed E-state index contributed by atoms with van der Waals surface area (Å²) in [5.74, 6) is -0.510. The number of unbranched alkanes of at least 4 members (excludes halogenated alkanes) is 34. The van der Waals surface area contributed by atoms with Crippen LogP contribution in [0.25, 0.3) is 0 Å². The second kappa shape index (κ2) is 69.2. The third-order valence-electron chi connectivity index (χ3n) is 16.4. The van der Waals surface area contributed by atoms with Gasteiger partial charge in [-0.05, 0) is 122 Å². The number of carbonyl (C=O) groups excluding carboxylic acids is 2. The molecule has 0 aromatic carbocycles. The van der Waals surface area contributed by atoms with Gasteiger partial charge in [0.1, 0.15) is 19.3 Å². The van der Waals surface area contributed by atoms with Crippen molar-refractivity contribution in [3.63, 3.8) is 0 Å². The Morgan fingerprint density at radius 1 is 0.396 bits per heavy atom. The lowest BCUT2D eigenvalue weighted by molar-refractivity contribution is -0.870. The molecule has 10 heteroatoms. The topological polar surface area (TPSA) is 111 Å². The van der Waals surface area contributed by atoms with E-state index in [0.29, 0.717) is 17.4 Å². The van der Waals surface area contributed by atoms with E-state index in [9.17, 15) is 19.0 Å². The van der Waals surface area contributed by atoms with Crippen molar-refractivity contribution in [3.05, 3.63) is 122 Å². The number of ether oxygens (including phenoxy) is 1. The molecule has 0 rings (SSSR count). The molecule has 0 aromatic heterocycles. The Balaban J connectivity index is 4.96. The molecule has 1 amide bonds. The Kier molecular flexibility index (Phi) is 66.5. The van der Waals surface area contributed by atoms with E-state index >= 15 is 0 Å². The van der Waals surface area contributed by atoms with Gasteiger partial charge in [-0.25, -0.2) is 4.57 Å². The van der Waals surface area contributed by atoms with Gasteiger partial charge in [0.05, 0.1) is 33.8 Å². The molecule has 0 spiro atoms. The summed E-state index contributed by atoms with van der Waals surface area (Å²) in [7, 11) is 1.49. The molecule has 524 valence electrons. The van der Waals surface area contributed by atoms with Crippen molar-refractivity contribution in [1.82, 2.24) is 5.32 Å². The van der Waals surface area contributed by atoms with Gasteiger partial charge in [-0.1, -0.05) is 316 Å². The van der Waals surface area contributed by atoms with Crippen molar-refractivity contribution in [1.29, 1.82) is 0 Å². The second-order valence-electron chi connectivity index (χ2n) is 26.4. The Morgan fingerprint density at radius 3 is 1.08 bits per heavy atom. The van der Waals surface area contributed by atoms with Gasteiger partial charge in [0.2, 0.25) is 5.91 Å². The second-order valence-corrected chi connectivity index (χ2v) is 27.9. The van der Waals surface area contributed by atoms with Gasteiger partial charge in [0.25, 0.3) is 0 Å². The molecule has 91 heavy (non-hydrogen) atoms. The molecular formula is C81H144N2O7P+. The zero-order valence-corrected chi connectivity index (χ0v) is 60.9. The summed E-state index contributed by atoms with van der Waals surface area (Å²) in [6, 6.07) is -0.860. The van der Waals surface area contributed by atoms with E-state index in [-0.39, 0.29) is 31.5 Å². The Labute approximate surface area is 563 Å². The van der Waals surface area contributed by atoms with E-state index in [1.807, 2.05) is 33.3 Å². The van der Waals surface area contributed by atoms with Crippen LogP contribution in [0.5, 0.6) is 0 Å². The minimum Gasteiger partial charge on any atom is -0.456 e. The van der Waals surface area contributed by atoms with Crippen LogP contribution < -0.4 is 5.32 Å². The maximum Gasteiger partial charge on any atom is 0.472 e. The van der Waals surface area contributed by atoms with Crippen LogP contribution in [0.4, 0.5) is 0 Å². The summed E-state index contributed by atoms with van der Waals surface area (Å²) in [6.45, 7) is 6.88. The smallest absolute Gasteiger partial charge is 0.456 e. The lowest BCUT2D eigenvalue weighted by Crippen LogP contribution is -2.47. The number of phosphoric acid groups is 1. The molecule has 0 saturated heterocycles. The highest BCUT2D eigenvalue weighted by atomic mass is 31.2. The van der Waals surface area contributed by atoms with Gasteiger partial charge in [-0.2, -0.15) is 0 Å². The molecule has 3 atom stereocenters. The number of hydrogen-bond donors (Lipinski definition) is 2. The van der Waals surface area contributed by atoms with Crippen molar-refractivity contribution in [2.75, 3.05) is 40.9 Å². The summed E-state index contributed by atoms with van der Waals surface area (Å²) < 4.78 is 30.9. The maximum absolute atomic E-state index is 13.6. The highest BCUT2D eigenvalue weighted by Gasteiger charge is 2.30. The van der Waals surface area contributed by atoms with Crippen LogP contribution in [-0.4, -0.2) is 74.3 Å². The average molecular weight is 1290 g/mol. The summed E-state index contributed by atoms with van der Waals surface area (Å²) >= 11 is 0. The Bertz CT molecular complexity index is 1970. The third-order valence-corrected chi connectivity index (χ3v) is 17.4. The van der Waals surface area contributed by atoms with Crippen LogP contribution >= 0.6 is 7.82 Å². The quantitative estimate of drug-likeness (QED) is 0.0205. The third kappa shape index (κ3) is 70.6. The zero-order valence-electron chi connectivity index (χ0n) is 60.1. The molecule has 0 heterocycles. The molecule has 0 aliphatic carbocycles. The predicted octanol–water partition coefficient (Wildman–Crippen LogP) is 24.6. The van der Waals surface area contributed by atoms with Crippen LogP contribution in [0.1, 0.15) is 329 Å². The molecule has 0 bridgehead atoms. The molecule has 2 N–H and O–H groups in total. The number of allylic oxidation sites excluding steroid dienone is 19. The minimum atomic E-state index is -4.46. The van der Waals surface area contributed by atoms with Crippen molar-refractivity contribution in [2.24, 2.45) is 0 Å². The summed E-state index contributed by atoms with van der Waals surface area (Å²) in [5.41, 5.74) is 0. The fourth-order valence-corrected chi connectivity index (χ4v) is 11.3. The lowest BCUT2D eigenvalue weighted by atomic mass is 10.0. The molecule has 0 aliphatic heterocycles. The minimum absolute atomic E-state index is 0.0343. The number of carbonyl (C=O) groups is 2. The highest BCUT2D eigenvalue weighted by Crippen LogP contribution is 2.43. The number of amides is 1. The van der Waals surface area contributed by atoms with Gasteiger partial charge in [-0.3, -0.25) is 18.6 Å². The molecule has 0 saturated carbocycles. The van der Waals surface area contributed by atoms with E-state index in [1.54, 1.807) is 0 Å². The number of likely N-dealkylation sites (N-methyl/N-ethyl adjacent to an activating group) is 1. The molecule has 0 fully saturated rings. The standard InChI is InChI=1S/C81H143N2O7P/c1-7-10-13-16-19-22-25-27-29-31-33-35-37-39-41-43-45-47-49-51-53-55-58-61-64-67-70-73-80(84)82-78(77-89-91(86,87)88-76-75-83(4,5)6)79(72-69-66-63-60-57-24-21-18-15-12-9-3)90-81(85)74-71-68-65-62-59-56-54-52-50-48-46-44-42-40-38-36-34-32-30-28-26-23-20-17-14-11-8-2/h10,13,19-20,22-23,27-30,33-36,39-42,69,72,78-79H,7-9,11-12,14-18,21,24-26,31-32,37-38,43-68,70-71,73-77H2,1-6H3,(H-,82,84,86,87)/p+1/b13-10-,22-19-,23-20-,29-27-,30-28-,35-33-,36-34-,41-39-,42-40-,72-69+. The normalized spacial score (nSPS) is 14.1. The van der Waals surface area contributed by atoms with Crippen LogP contribution in [0, 0.1) is 0 Å². The summed E-state index contributed by atoms with van der Waals surface area (Å²) in [5, 5.41) is 3.07. The van der Waals surface area contributed by atoms with Crippen molar-refractivity contribution < 1.29 is 37.3 Å². The first-order valence-corrected chi connectivity index (χ1v) is 39.4. The van der Waals surface area contributed by atoms with Crippen molar-refractivity contribution in [2.45, 2.75) is 341 Å². The molecule has 9 nitrogen and oxygen atoms in total. The molecule has 0 aromatic rings. The van der Waals surface area contributed by atoms with Crippen LogP contribution in [-0.2, 0) is 27.9 Å². The molecule has 3 unspecified atom stereocenters. The van der Waals surface area contributed by atoms with Crippen molar-refractivity contribution in [3.8, 4) is 0 Å². The number of phosphoric ester groups is 1. The van der Waals surface area contributed by atoms with E-state index in [2.05, 4.69) is 135 Å². The number of hydrogen-bond acceptors (Lipinski definition) is 6. The van der Waals surface area contributed by atoms with Gasteiger partial charge in [0, 0.05) is 12.8 Å². The monoisotopic (exact) mass is 1290 g/mol. The molecule has 0 radical (unpaired) electrons. The number of rotatable bonds is 68. The SMILES string of the molecule is CC/C=C\C/C=C\C/C=C\C/C=C\C/C=C\CCCCCCCCCCCCCC(=O)NC(COP(=O)(O)OCC[N+](C)(C)C)C(/C=C/CCCCCCCCCCC)OC(=O)CCCCCCCCCCCCC/C=C\C/C=C\C/C=C\C/C=C\CCCCC. The number of nitrogens with zero attached hydrogens (tertiary/aromatic N) is 1. The van der Waals surface area contributed by atoms with Gasteiger partial charge in [0.15, 0.2) is 0 Å². The predicted molar refractivity (Wildman–Crippen MR) is 396 cm³/mol. The fraction of sp³-hybridized carbons (Fsp3) is 0.728. The first-order valence-electron chi connectivity index (χ1n) is 37.9. The molecule has 0 aliphatic rings. The van der Waals surface area contributed by atoms with Crippen LogP contribution in [0.3, 0.4) is 0 Å². The van der Waals surface area contributed by atoms with E-state index in [0.717, 1.165) is 109 Å². The fourth-order valence-electron chi connectivity index (χ4n) is 10.6. The lowest BCUT2D eigenvalue weighted by Gasteiger charge is -2.27. The highest BCUT2D eigenvalue weighted by molar-refractivity contribution is 7.47. The van der Waals surface area contributed by atoms with Crippen molar-refractivity contribution >= 4 is 19.7 Å². The average Bonchev–Trinajstić information content (AvgIpc) is 3.08. The van der Waals surface area contributed by atoms with E-state index in [4.69, 9.17) is 13.8 Å². The van der Waals surface area contributed by atoms with E-state index < -0.39 is 20.0 Å². The number of nitrogens with one attached hydrogen (secondary N) is 1. The maximum atomic E-state index is 13.6. The van der Waals surface area contributed by atoms with Gasteiger partial charge >= 0.3 is 13.8 Å². The zero-order chi connectivity index (χ0) is 66.3. The Hall–Kier alpha value is -3.59. The van der Waals surface area contributed by atoms with Gasteiger partial charge in [-0.15, -0.1) is 0 Å². The summed E-state index contributed by atoms with van der Waals surface area (Å²) in [4.78, 5) is 38.0. The first-order chi connectivity index (χ1) is 44.4. The number of esters is 1. The van der Waals surface area contributed by atoms with Crippen LogP contribution in [0.2, 0.25) is 0 Å². The summed E-state index contributed by atoms with van der Waals surface area (Å²) in [6.07, 6.45) is 97.9. The largest absolute Gasteiger partial charge is 0.472 e. The first kappa shape index (κ1) is 87.4.